The number of hydrogen-bond donors (Lipinski definition) is 2. The number of H-pyrrole nitrogens is 1. The Morgan fingerprint density at radius 3 is 2.14 bits per heavy atom. The lowest BCUT2D eigenvalue weighted by Gasteiger charge is -1.94. The Kier molecular flexibility index (Phi) is 5.59. The van der Waals surface area contributed by atoms with E-state index in [0.717, 1.165) is 0 Å². The van der Waals surface area contributed by atoms with E-state index in [1.807, 2.05) is 11.3 Å². The Bertz CT molecular complexity index is 1340. The molecule has 0 bridgehead atoms. The average Bonchev–Trinajstić information content (AvgIpc) is 3.36. The first kappa shape index (κ1) is 19.2. The van der Waals surface area contributed by atoms with Gasteiger partial charge in [0.15, 0.2) is 0 Å². The molecule has 2 aromatic heterocycles. The van der Waals surface area contributed by atoms with Crippen LogP contribution in [0.2, 0.25) is 0 Å². The van der Waals surface area contributed by atoms with Gasteiger partial charge in [-0.1, -0.05) is 72.8 Å². The number of benzene rings is 3. The summed E-state index contributed by atoms with van der Waals surface area (Å²) in [5, 5.41) is 10.9. The normalized spacial score (nSPS) is 12.7. The van der Waals surface area contributed by atoms with Crippen LogP contribution in [0.5, 0.6) is 0 Å². The number of aryl methyl sites for hydroxylation is 1. The Hall–Kier alpha value is -3.17. The highest BCUT2D eigenvalue weighted by atomic mass is 32.1. The number of fused-ring (bicyclic) bond motifs is 7. The molecule has 6 rings (SSSR count). The lowest BCUT2D eigenvalue weighted by molar-refractivity contribution is 1.04. The molecule has 0 aliphatic heterocycles. The maximum absolute atomic E-state index is 5.50. The van der Waals surface area contributed by atoms with E-state index >= 15 is 0 Å². The first-order valence-corrected chi connectivity index (χ1v) is 10.6. The lowest BCUT2D eigenvalue weighted by Crippen LogP contribution is -1.73. The molecule has 0 atom stereocenters. The molecule has 0 saturated heterocycles. The van der Waals surface area contributed by atoms with E-state index in [9.17, 15) is 0 Å². The van der Waals surface area contributed by atoms with Gasteiger partial charge in [0.25, 0.3) is 0 Å². The summed E-state index contributed by atoms with van der Waals surface area (Å²) in [6.45, 7) is 4.67. The van der Waals surface area contributed by atoms with Crippen LogP contribution in [-0.4, -0.2) is 11.7 Å². The lowest BCUT2D eigenvalue weighted by atomic mass is 10.1. The van der Waals surface area contributed by atoms with E-state index in [0.29, 0.717) is 0 Å². The van der Waals surface area contributed by atoms with Crippen LogP contribution in [0.1, 0.15) is 18.4 Å². The SMILES string of the molecule is C1=CCCC=C1.C=N.Cc1cccc2c1[nH]c1c2ccc2c3ccccc3sc21. The fraction of sp³-hybridized carbons (Fsp3) is 0.115. The second kappa shape index (κ2) is 8.46. The molecule has 1 aliphatic carbocycles. The second-order valence-corrected chi connectivity index (χ2v) is 8.07. The minimum Gasteiger partial charge on any atom is -0.353 e. The minimum atomic E-state index is 1.23. The third-order valence-corrected chi connectivity index (χ3v) is 6.45. The van der Waals surface area contributed by atoms with Crippen molar-refractivity contribution in [3.8, 4) is 0 Å². The maximum atomic E-state index is 5.50. The molecule has 3 heteroatoms. The monoisotopic (exact) mass is 396 g/mol. The first-order chi connectivity index (χ1) is 14.3. The summed E-state index contributed by atoms with van der Waals surface area (Å²) in [6, 6.07) is 19.7. The number of aromatic amines is 1. The second-order valence-electron chi connectivity index (χ2n) is 7.02. The van der Waals surface area contributed by atoms with Gasteiger partial charge in [-0.2, -0.15) is 0 Å². The predicted molar refractivity (Wildman–Crippen MR) is 131 cm³/mol. The molecule has 29 heavy (non-hydrogen) atoms. The van der Waals surface area contributed by atoms with E-state index in [-0.39, 0.29) is 0 Å². The van der Waals surface area contributed by atoms with Crippen LogP contribution >= 0.6 is 11.3 Å². The van der Waals surface area contributed by atoms with Crippen molar-refractivity contribution in [2.24, 2.45) is 0 Å². The van der Waals surface area contributed by atoms with Crippen molar-refractivity contribution in [2.45, 2.75) is 19.8 Å². The van der Waals surface area contributed by atoms with E-state index in [2.05, 4.69) is 97.5 Å². The highest BCUT2D eigenvalue weighted by Crippen LogP contribution is 2.40. The number of rotatable bonds is 0. The zero-order valence-corrected chi connectivity index (χ0v) is 17.4. The summed E-state index contributed by atoms with van der Waals surface area (Å²) in [5.41, 5.74) is 3.84. The Balaban J connectivity index is 0.000000219. The number of hydrogen-bond acceptors (Lipinski definition) is 2. The number of allylic oxidation sites excluding steroid dienone is 4. The number of para-hydroxylation sites is 1. The van der Waals surface area contributed by atoms with Gasteiger partial charge in [-0.15, -0.1) is 11.3 Å². The molecule has 0 spiro atoms. The van der Waals surface area contributed by atoms with Crippen LogP contribution in [0.15, 0.2) is 78.9 Å². The summed E-state index contributed by atoms with van der Waals surface area (Å²) >= 11 is 1.88. The van der Waals surface area contributed by atoms with Crippen LogP contribution < -0.4 is 0 Å². The van der Waals surface area contributed by atoms with E-state index in [1.165, 1.54) is 60.4 Å². The van der Waals surface area contributed by atoms with Crippen molar-refractivity contribution in [1.82, 2.24) is 4.98 Å². The molecule has 5 aromatic rings. The number of nitrogens with one attached hydrogen (secondary N) is 2. The van der Waals surface area contributed by atoms with Crippen molar-refractivity contribution in [3.63, 3.8) is 0 Å². The third-order valence-electron chi connectivity index (χ3n) is 5.24. The van der Waals surface area contributed by atoms with Crippen molar-refractivity contribution in [2.75, 3.05) is 0 Å². The molecule has 0 radical (unpaired) electrons. The smallest absolute Gasteiger partial charge is 0.0646 e. The Morgan fingerprint density at radius 1 is 0.759 bits per heavy atom. The molecular formula is C26H24N2S. The van der Waals surface area contributed by atoms with Crippen LogP contribution in [0.25, 0.3) is 42.0 Å². The zero-order chi connectivity index (χ0) is 20.2. The van der Waals surface area contributed by atoms with Crippen LogP contribution in [0, 0.1) is 12.3 Å². The molecule has 2 N–H and O–H groups in total. The summed E-state index contributed by atoms with van der Waals surface area (Å²) in [4.78, 5) is 3.66. The molecule has 144 valence electrons. The van der Waals surface area contributed by atoms with Crippen molar-refractivity contribution in [1.29, 1.82) is 5.41 Å². The van der Waals surface area contributed by atoms with E-state index < -0.39 is 0 Å². The van der Waals surface area contributed by atoms with Gasteiger partial charge >= 0.3 is 0 Å². The average molecular weight is 397 g/mol. The van der Waals surface area contributed by atoms with Gasteiger partial charge in [0, 0.05) is 31.8 Å². The largest absolute Gasteiger partial charge is 0.353 e. The van der Waals surface area contributed by atoms with E-state index in [1.54, 1.807) is 0 Å². The first-order valence-electron chi connectivity index (χ1n) is 9.81. The summed E-state index contributed by atoms with van der Waals surface area (Å²) in [7, 11) is 0. The maximum Gasteiger partial charge on any atom is 0.0646 e. The minimum absolute atomic E-state index is 1.23. The Morgan fingerprint density at radius 2 is 1.41 bits per heavy atom. The summed E-state index contributed by atoms with van der Waals surface area (Å²) < 4.78 is 2.72. The van der Waals surface area contributed by atoms with Gasteiger partial charge in [0.2, 0.25) is 0 Å². The third kappa shape index (κ3) is 3.50. The molecule has 1 aliphatic rings. The summed E-state index contributed by atoms with van der Waals surface area (Å²) in [6.07, 6.45) is 11.0. The molecule has 2 nitrogen and oxygen atoms in total. The fourth-order valence-electron chi connectivity index (χ4n) is 3.86. The number of thiophene rings is 1. The van der Waals surface area contributed by atoms with Crippen molar-refractivity contribution < 1.29 is 0 Å². The quantitative estimate of drug-likeness (QED) is 0.248. The Labute approximate surface area is 174 Å². The molecule has 0 saturated carbocycles. The van der Waals surface area contributed by atoms with Crippen molar-refractivity contribution >= 4 is 60.0 Å². The standard InChI is InChI=1S/C19H13NS.C6H8.CH3N/c1-11-5-4-7-13-14-9-10-15-12-6-2-3-8-16(12)21-19(15)18(14)20-17(11)13;1-2-4-6-5-3-1;1-2/h2-10,20H,1H3;1-4H,5-6H2;2H,1H2. The van der Waals surface area contributed by atoms with Crippen LogP contribution in [0.3, 0.4) is 0 Å². The molecular weight excluding hydrogens is 372 g/mol. The van der Waals surface area contributed by atoms with Crippen LogP contribution in [0.4, 0.5) is 0 Å². The van der Waals surface area contributed by atoms with Gasteiger partial charge < -0.3 is 10.4 Å². The zero-order valence-electron chi connectivity index (χ0n) is 16.5. The fourth-order valence-corrected chi connectivity index (χ4v) is 5.07. The molecule has 0 fully saturated rings. The molecule has 0 amide bonds. The van der Waals surface area contributed by atoms with Crippen LogP contribution in [-0.2, 0) is 0 Å². The summed E-state index contributed by atoms with van der Waals surface area (Å²) in [5.74, 6) is 0. The highest BCUT2D eigenvalue weighted by molar-refractivity contribution is 7.26. The van der Waals surface area contributed by atoms with Gasteiger partial charge in [-0.25, -0.2) is 0 Å². The topological polar surface area (TPSA) is 39.6 Å². The number of aromatic nitrogens is 1. The molecule has 3 aromatic carbocycles. The highest BCUT2D eigenvalue weighted by Gasteiger charge is 2.12. The van der Waals surface area contributed by atoms with E-state index in [4.69, 9.17) is 5.41 Å². The van der Waals surface area contributed by atoms with Gasteiger partial charge in [0.05, 0.1) is 10.2 Å². The van der Waals surface area contributed by atoms with Gasteiger partial charge in [-0.3, -0.25) is 0 Å². The van der Waals surface area contributed by atoms with Gasteiger partial charge in [-0.05, 0) is 38.1 Å². The van der Waals surface area contributed by atoms with Crippen molar-refractivity contribution in [3.05, 3.63) is 84.5 Å². The van der Waals surface area contributed by atoms with Gasteiger partial charge in [0.1, 0.15) is 0 Å². The molecule has 0 unspecified atom stereocenters. The predicted octanol–water partition coefficient (Wildman–Crippen LogP) is 8.16. The molecule has 2 heterocycles.